The van der Waals surface area contributed by atoms with E-state index in [1.54, 1.807) is 19.2 Å². The lowest BCUT2D eigenvalue weighted by Crippen LogP contribution is -2.14. The zero-order valence-corrected chi connectivity index (χ0v) is 16.3. The Labute approximate surface area is 169 Å². The van der Waals surface area contributed by atoms with Gasteiger partial charge in [-0.25, -0.2) is 0 Å². The molecule has 1 aliphatic rings. The molecule has 1 amide bonds. The molecular formula is C24H21NO4. The van der Waals surface area contributed by atoms with E-state index in [9.17, 15) is 9.59 Å². The standard InChI is InChI=1S/C24H21NO4/c1-15-7-10-21(22(13-15)29-12-11-28-2)25-24(27)16-8-9-18-17-5-3-4-6-19(17)23(26)20(18)14-16/h3-10,13-14H,11-12H2,1-2H3,(H,25,27). The van der Waals surface area contributed by atoms with Gasteiger partial charge in [0.05, 0.1) is 12.3 Å². The number of ketones is 1. The molecule has 0 saturated carbocycles. The third-order valence-electron chi connectivity index (χ3n) is 4.92. The van der Waals surface area contributed by atoms with Crippen LogP contribution in [0.1, 0.15) is 31.8 Å². The molecule has 3 aromatic carbocycles. The maximum Gasteiger partial charge on any atom is 0.255 e. The molecule has 0 atom stereocenters. The Morgan fingerprint density at radius 1 is 0.897 bits per heavy atom. The second-order valence-corrected chi connectivity index (χ2v) is 6.93. The number of anilines is 1. The van der Waals surface area contributed by atoms with Gasteiger partial charge in [-0.15, -0.1) is 0 Å². The van der Waals surface area contributed by atoms with Gasteiger partial charge in [0.1, 0.15) is 12.4 Å². The zero-order valence-electron chi connectivity index (χ0n) is 16.3. The highest BCUT2D eigenvalue weighted by molar-refractivity contribution is 6.22. The van der Waals surface area contributed by atoms with Crippen LogP contribution in [-0.4, -0.2) is 32.0 Å². The molecule has 146 valence electrons. The van der Waals surface area contributed by atoms with Gasteiger partial charge in [0, 0.05) is 23.8 Å². The lowest BCUT2D eigenvalue weighted by molar-refractivity contribution is 0.102. The molecule has 0 aromatic heterocycles. The molecular weight excluding hydrogens is 366 g/mol. The summed E-state index contributed by atoms with van der Waals surface area (Å²) in [4.78, 5) is 25.6. The number of carbonyl (C=O) groups is 2. The van der Waals surface area contributed by atoms with Gasteiger partial charge in [0.25, 0.3) is 5.91 Å². The molecule has 1 aliphatic carbocycles. The first-order valence-electron chi connectivity index (χ1n) is 9.40. The minimum atomic E-state index is -0.294. The van der Waals surface area contributed by atoms with Crippen molar-refractivity contribution in [1.82, 2.24) is 0 Å². The highest BCUT2D eigenvalue weighted by atomic mass is 16.5. The first kappa shape index (κ1) is 18.9. The fourth-order valence-corrected chi connectivity index (χ4v) is 3.45. The topological polar surface area (TPSA) is 64.6 Å². The third kappa shape index (κ3) is 3.65. The first-order valence-corrected chi connectivity index (χ1v) is 9.40. The molecule has 0 bridgehead atoms. The minimum Gasteiger partial charge on any atom is -0.489 e. The molecule has 0 heterocycles. The van der Waals surface area contributed by atoms with Crippen molar-refractivity contribution in [2.45, 2.75) is 6.92 Å². The average Bonchev–Trinajstić information content (AvgIpc) is 3.02. The molecule has 0 saturated heterocycles. The fraction of sp³-hybridized carbons (Fsp3) is 0.167. The van der Waals surface area contributed by atoms with Crippen LogP contribution in [0, 0.1) is 6.92 Å². The van der Waals surface area contributed by atoms with Crippen LogP contribution in [-0.2, 0) is 4.74 Å². The SMILES string of the molecule is COCCOc1cc(C)ccc1NC(=O)c1ccc2c(c1)C(=O)c1ccccc1-2. The van der Waals surface area contributed by atoms with Gasteiger partial charge in [0.2, 0.25) is 0 Å². The summed E-state index contributed by atoms with van der Waals surface area (Å²) in [5, 5.41) is 2.89. The molecule has 0 fully saturated rings. The summed E-state index contributed by atoms with van der Waals surface area (Å²) in [6.07, 6.45) is 0. The van der Waals surface area contributed by atoms with Gasteiger partial charge in [-0.1, -0.05) is 36.4 Å². The zero-order chi connectivity index (χ0) is 20.4. The Morgan fingerprint density at radius 2 is 1.66 bits per heavy atom. The van der Waals surface area contributed by atoms with Crippen LogP contribution in [0.15, 0.2) is 60.7 Å². The Balaban J connectivity index is 1.59. The molecule has 1 N–H and O–H groups in total. The van der Waals surface area contributed by atoms with Crippen molar-refractivity contribution in [1.29, 1.82) is 0 Å². The molecule has 5 heteroatoms. The van der Waals surface area contributed by atoms with Crippen LogP contribution < -0.4 is 10.1 Å². The molecule has 4 rings (SSSR count). The van der Waals surface area contributed by atoms with Gasteiger partial charge < -0.3 is 14.8 Å². The van der Waals surface area contributed by atoms with Crippen molar-refractivity contribution in [3.05, 3.63) is 82.9 Å². The Bertz CT molecular complexity index is 1100. The minimum absolute atomic E-state index is 0.0517. The predicted octanol–water partition coefficient (Wildman–Crippen LogP) is 4.48. The van der Waals surface area contributed by atoms with E-state index in [-0.39, 0.29) is 11.7 Å². The third-order valence-corrected chi connectivity index (χ3v) is 4.92. The Hall–Kier alpha value is -3.44. The second kappa shape index (κ2) is 7.89. The number of hydrogen-bond donors (Lipinski definition) is 1. The van der Waals surface area contributed by atoms with Crippen LogP contribution in [0.5, 0.6) is 5.75 Å². The molecule has 0 aliphatic heterocycles. The number of carbonyl (C=O) groups excluding carboxylic acids is 2. The van der Waals surface area contributed by atoms with Gasteiger partial charge in [-0.2, -0.15) is 0 Å². The summed E-state index contributed by atoms with van der Waals surface area (Å²) in [5.41, 5.74) is 5.02. The van der Waals surface area contributed by atoms with E-state index in [2.05, 4.69) is 5.32 Å². The van der Waals surface area contributed by atoms with Crippen molar-refractivity contribution in [3.8, 4) is 16.9 Å². The number of benzene rings is 3. The van der Waals surface area contributed by atoms with Crippen molar-refractivity contribution in [3.63, 3.8) is 0 Å². The van der Waals surface area contributed by atoms with E-state index < -0.39 is 0 Å². The van der Waals surface area contributed by atoms with Gasteiger partial charge in [-0.3, -0.25) is 9.59 Å². The molecule has 29 heavy (non-hydrogen) atoms. The second-order valence-electron chi connectivity index (χ2n) is 6.93. The lowest BCUT2D eigenvalue weighted by atomic mass is 10.0. The molecule has 0 radical (unpaired) electrons. The van der Waals surface area contributed by atoms with Crippen molar-refractivity contribution in [2.24, 2.45) is 0 Å². The summed E-state index contributed by atoms with van der Waals surface area (Å²) in [5.74, 6) is 0.237. The summed E-state index contributed by atoms with van der Waals surface area (Å²) < 4.78 is 10.8. The summed E-state index contributed by atoms with van der Waals surface area (Å²) in [6.45, 7) is 2.79. The number of fused-ring (bicyclic) bond motifs is 3. The van der Waals surface area contributed by atoms with Crippen LogP contribution in [0.25, 0.3) is 11.1 Å². The fourth-order valence-electron chi connectivity index (χ4n) is 3.45. The Kier molecular flexibility index (Phi) is 5.14. The molecule has 5 nitrogen and oxygen atoms in total. The number of hydrogen-bond acceptors (Lipinski definition) is 4. The molecule has 0 unspecified atom stereocenters. The van der Waals surface area contributed by atoms with Gasteiger partial charge >= 0.3 is 0 Å². The number of methoxy groups -OCH3 is 1. The van der Waals surface area contributed by atoms with Crippen LogP contribution in [0.2, 0.25) is 0 Å². The van der Waals surface area contributed by atoms with E-state index in [4.69, 9.17) is 9.47 Å². The number of rotatable bonds is 6. The average molecular weight is 387 g/mol. The largest absolute Gasteiger partial charge is 0.489 e. The summed E-state index contributed by atoms with van der Waals surface area (Å²) >= 11 is 0. The van der Waals surface area contributed by atoms with Crippen molar-refractivity contribution in [2.75, 3.05) is 25.6 Å². The lowest BCUT2D eigenvalue weighted by Gasteiger charge is -2.13. The van der Waals surface area contributed by atoms with Crippen molar-refractivity contribution >= 4 is 17.4 Å². The number of aryl methyl sites for hydroxylation is 1. The number of ether oxygens (including phenoxy) is 2. The van der Waals surface area contributed by atoms with Crippen LogP contribution in [0.3, 0.4) is 0 Å². The van der Waals surface area contributed by atoms with Crippen LogP contribution in [0.4, 0.5) is 5.69 Å². The van der Waals surface area contributed by atoms with Crippen LogP contribution >= 0.6 is 0 Å². The van der Waals surface area contributed by atoms with Crippen molar-refractivity contribution < 1.29 is 19.1 Å². The number of amides is 1. The summed E-state index contributed by atoms with van der Waals surface area (Å²) in [6, 6.07) is 18.3. The highest BCUT2D eigenvalue weighted by Gasteiger charge is 2.27. The maximum absolute atomic E-state index is 12.9. The van der Waals surface area contributed by atoms with E-state index >= 15 is 0 Å². The smallest absolute Gasteiger partial charge is 0.255 e. The van der Waals surface area contributed by atoms with E-state index in [0.717, 1.165) is 16.7 Å². The van der Waals surface area contributed by atoms with E-state index in [0.29, 0.717) is 41.3 Å². The van der Waals surface area contributed by atoms with E-state index in [1.807, 2.05) is 55.5 Å². The Morgan fingerprint density at radius 3 is 2.45 bits per heavy atom. The van der Waals surface area contributed by atoms with Gasteiger partial charge in [-0.05, 0) is 47.9 Å². The maximum atomic E-state index is 12.9. The molecule has 3 aromatic rings. The molecule has 0 spiro atoms. The summed E-state index contributed by atoms with van der Waals surface area (Å²) in [7, 11) is 1.61. The number of nitrogens with one attached hydrogen (secondary N) is 1. The monoisotopic (exact) mass is 387 g/mol. The predicted molar refractivity (Wildman–Crippen MR) is 112 cm³/mol. The van der Waals surface area contributed by atoms with Gasteiger partial charge in [0.15, 0.2) is 5.78 Å². The quantitative estimate of drug-likeness (QED) is 0.495. The van der Waals surface area contributed by atoms with E-state index in [1.165, 1.54) is 0 Å². The highest BCUT2D eigenvalue weighted by Crippen LogP contribution is 2.37. The normalized spacial score (nSPS) is 11.7. The first-order chi connectivity index (χ1) is 14.1.